The minimum Gasteiger partial charge on any atom is -0.273 e. The zero-order valence-corrected chi connectivity index (χ0v) is 9.41. The van der Waals surface area contributed by atoms with E-state index in [-0.39, 0.29) is 11.8 Å². The second-order valence-electron chi connectivity index (χ2n) is 3.87. The molecule has 0 aliphatic carbocycles. The molecule has 3 rings (SSSR count). The Morgan fingerprint density at radius 2 is 1.82 bits per heavy atom. The number of imide groups is 1. The van der Waals surface area contributed by atoms with Crippen LogP contribution in [0.25, 0.3) is 0 Å². The lowest BCUT2D eigenvalue weighted by Gasteiger charge is -2.16. The Morgan fingerprint density at radius 1 is 1.12 bits per heavy atom. The first kappa shape index (κ1) is 10.3. The summed E-state index contributed by atoms with van der Waals surface area (Å²) >= 11 is 5.76. The smallest absolute Gasteiger partial charge is 0.261 e. The monoisotopic (exact) mass is 249 g/mol. The van der Waals surface area contributed by atoms with Gasteiger partial charge in [0.1, 0.15) is 5.92 Å². The molecular weight excluding hydrogens is 242 g/mol. The number of hydrazone groups is 1. The van der Waals surface area contributed by atoms with E-state index in [1.165, 1.54) is 6.21 Å². The first-order valence-electron chi connectivity index (χ1n) is 5.12. The van der Waals surface area contributed by atoms with E-state index >= 15 is 0 Å². The molecule has 2 aliphatic heterocycles. The Kier molecular flexibility index (Phi) is 2.16. The summed E-state index contributed by atoms with van der Waals surface area (Å²) in [6, 6.07) is 8.10. The number of carbonyl (C=O) groups is 2. The third kappa shape index (κ3) is 1.36. The SMILES string of the molecule is O=C1C2C=NN(Cl)C2C(=O)N1c1ccccc1. The standard InChI is InChI=1S/C11H8ClN3O2/c12-15-9-8(6-13-15)10(16)14(11(9)17)7-4-2-1-3-5-7/h1-6,8-9H. The molecule has 0 aromatic heterocycles. The molecule has 0 radical (unpaired) electrons. The molecule has 2 aliphatic rings. The summed E-state index contributed by atoms with van der Waals surface area (Å²) in [5.74, 6) is -1.18. The molecule has 2 amide bonds. The molecule has 1 aromatic carbocycles. The van der Waals surface area contributed by atoms with Crippen molar-refractivity contribution in [3.05, 3.63) is 30.3 Å². The van der Waals surface area contributed by atoms with Crippen molar-refractivity contribution in [3.63, 3.8) is 0 Å². The number of halogens is 1. The maximum absolute atomic E-state index is 12.1. The van der Waals surface area contributed by atoms with Crippen molar-refractivity contribution in [2.75, 3.05) is 4.90 Å². The molecule has 86 valence electrons. The van der Waals surface area contributed by atoms with Gasteiger partial charge in [0.15, 0.2) is 6.04 Å². The van der Waals surface area contributed by atoms with Crippen molar-refractivity contribution >= 4 is 35.5 Å². The van der Waals surface area contributed by atoms with E-state index < -0.39 is 12.0 Å². The van der Waals surface area contributed by atoms with Crippen LogP contribution in [0, 0.1) is 5.92 Å². The largest absolute Gasteiger partial charge is 0.273 e. The van der Waals surface area contributed by atoms with Gasteiger partial charge in [0, 0.05) is 18.0 Å². The second-order valence-corrected chi connectivity index (χ2v) is 4.22. The van der Waals surface area contributed by atoms with Crippen LogP contribution in [0.15, 0.2) is 35.4 Å². The van der Waals surface area contributed by atoms with E-state index in [1.54, 1.807) is 24.3 Å². The van der Waals surface area contributed by atoms with Gasteiger partial charge in [-0.3, -0.25) is 9.59 Å². The highest BCUT2D eigenvalue weighted by Crippen LogP contribution is 2.32. The number of hydrogen-bond donors (Lipinski definition) is 0. The van der Waals surface area contributed by atoms with E-state index in [4.69, 9.17) is 11.8 Å². The van der Waals surface area contributed by atoms with E-state index in [0.29, 0.717) is 5.69 Å². The van der Waals surface area contributed by atoms with Crippen LogP contribution in [0.1, 0.15) is 0 Å². The fraction of sp³-hybridized carbons (Fsp3) is 0.182. The van der Waals surface area contributed by atoms with Crippen LogP contribution in [0.4, 0.5) is 5.69 Å². The third-order valence-electron chi connectivity index (χ3n) is 2.90. The van der Waals surface area contributed by atoms with Gasteiger partial charge < -0.3 is 0 Å². The van der Waals surface area contributed by atoms with Crippen LogP contribution < -0.4 is 4.90 Å². The average molecular weight is 250 g/mol. The maximum atomic E-state index is 12.1. The highest BCUT2D eigenvalue weighted by Gasteiger charge is 2.53. The summed E-state index contributed by atoms with van der Waals surface area (Å²) in [6.45, 7) is 0. The quantitative estimate of drug-likeness (QED) is 0.551. The first-order chi connectivity index (χ1) is 8.20. The second kappa shape index (κ2) is 3.56. The van der Waals surface area contributed by atoms with Crippen LogP contribution in [0.2, 0.25) is 0 Å². The highest BCUT2D eigenvalue weighted by molar-refractivity contribution is 6.30. The number of amides is 2. The topological polar surface area (TPSA) is 53.0 Å². The predicted octanol–water partition coefficient (Wildman–Crippen LogP) is 1.000. The summed E-state index contributed by atoms with van der Waals surface area (Å²) in [7, 11) is 0. The van der Waals surface area contributed by atoms with E-state index in [2.05, 4.69) is 5.10 Å². The maximum Gasteiger partial charge on any atom is 0.261 e. The average Bonchev–Trinajstić information content (AvgIpc) is 2.82. The number of rotatable bonds is 1. The number of nitrogens with zero attached hydrogens (tertiary/aromatic N) is 3. The van der Waals surface area contributed by atoms with Crippen molar-refractivity contribution in [1.82, 2.24) is 4.53 Å². The Bertz CT molecular complexity index is 517. The minimum atomic E-state index is -0.704. The fourth-order valence-electron chi connectivity index (χ4n) is 2.09. The summed E-state index contributed by atoms with van der Waals surface area (Å²) < 4.78 is 1.02. The van der Waals surface area contributed by atoms with Crippen molar-refractivity contribution in [2.24, 2.45) is 11.0 Å². The van der Waals surface area contributed by atoms with E-state index in [1.807, 2.05) is 6.07 Å². The molecule has 1 saturated heterocycles. The molecule has 1 aromatic rings. The number of para-hydroxylation sites is 1. The summed E-state index contributed by atoms with van der Waals surface area (Å²) in [6.07, 6.45) is 1.42. The molecule has 2 atom stereocenters. The van der Waals surface area contributed by atoms with Crippen LogP contribution >= 0.6 is 11.8 Å². The lowest BCUT2D eigenvalue weighted by molar-refractivity contribution is -0.122. The van der Waals surface area contributed by atoms with Gasteiger partial charge in [-0.15, -0.1) is 0 Å². The third-order valence-corrected chi connectivity index (χ3v) is 3.20. The van der Waals surface area contributed by atoms with E-state index in [9.17, 15) is 9.59 Å². The van der Waals surface area contributed by atoms with Crippen LogP contribution in [-0.2, 0) is 9.59 Å². The van der Waals surface area contributed by atoms with Crippen LogP contribution in [0.5, 0.6) is 0 Å². The molecule has 2 heterocycles. The zero-order chi connectivity index (χ0) is 12.0. The van der Waals surface area contributed by atoms with Gasteiger partial charge in [0.05, 0.1) is 5.69 Å². The molecule has 2 unspecified atom stereocenters. The molecule has 17 heavy (non-hydrogen) atoms. The Labute approximate surface area is 102 Å². The molecular formula is C11H8ClN3O2. The zero-order valence-electron chi connectivity index (χ0n) is 8.65. The van der Waals surface area contributed by atoms with E-state index in [0.717, 1.165) is 9.43 Å². The summed E-state index contributed by atoms with van der Waals surface area (Å²) in [5, 5.41) is 3.76. The lowest BCUT2D eigenvalue weighted by Crippen LogP contribution is -2.35. The Morgan fingerprint density at radius 3 is 2.47 bits per heavy atom. The molecule has 6 heteroatoms. The van der Waals surface area contributed by atoms with Crippen LogP contribution in [-0.4, -0.2) is 28.6 Å². The number of hydrogen-bond acceptors (Lipinski definition) is 4. The molecule has 0 N–H and O–H groups in total. The van der Waals surface area contributed by atoms with Crippen molar-refractivity contribution in [3.8, 4) is 0 Å². The molecule has 1 fully saturated rings. The van der Waals surface area contributed by atoms with Crippen molar-refractivity contribution < 1.29 is 9.59 Å². The van der Waals surface area contributed by atoms with Gasteiger partial charge in [-0.05, 0) is 12.1 Å². The molecule has 0 bridgehead atoms. The highest BCUT2D eigenvalue weighted by atomic mass is 35.5. The molecule has 0 saturated carbocycles. The van der Waals surface area contributed by atoms with Crippen molar-refractivity contribution in [2.45, 2.75) is 6.04 Å². The van der Waals surface area contributed by atoms with Gasteiger partial charge in [0.25, 0.3) is 5.91 Å². The normalized spacial score (nSPS) is 26.9. The molecule has 5 nitrogen and oxygen atoms in total. The first-order valence-corrected chi connectivity index (χ1v) is 5.46. The fourth-order valence-corrected chi connectivity index (χ4v) is 2.34. The number of benzene rings is 1. The summed E-state index contributed by atoms with van der Waals surface area (Å²) in [5.41, 5.74) is 0.565. The van der Waals surface area contributed by atoms with Gasteiger partial charge >= 0.3 is 0 Å². The number of fused-ring (bicyclic) bond motifs is 1. The predicted molar refractivity (Wildman–Crippen MR) is 62.4 cm³/mol. The summed E-state index contributed by atoms with van der Waals surface area (Å²) in [4.78, 5) is 25.3. The minimum absolute atomic E-state index is 0.280. The van der Waals surface area contributed by atoms with Crippen molar-refractivity contribution in [1.29, 1.82) is 0 Å². The van der Waals surface area contributed by atoms with Gasteiger partial charge in [-0.1, -0.05) is 18.2 Å². The van der Waals surface area contributed by atoms with Gasteiger partial charge in [0.2, 0.25) is 5.91 Å². The van der Waals surface area contributed by atoms with Gasteiger partial charge in [-0.25, -0.2) is 4.90 Å². The Hall–Kier alpha value is -1.88. The number of anilines is 1. The Balaban J connectivity index is 2.01. The van der Waals surface area contributed by atoms with Crippen LogP contribution in [0.3, 0.4) is 0 Å². The number of carbonyl (C=O) groups excluding carboxylic acids is 2. The lowest BCUT2D eigenvalue weighted by atomic mass is 10.1. The molecule has 0 spiro atoms. The van der Waals surface area contributed by atoms with Gasteiger partial charge in [-0.2, -0.15) is 9.63 Å².